The zero-order valence-electron chi connectivity index (χ0n) is 17.1. The van der Waals surface area contributed by atoms with E-state index >= 15 is 0 Å². The summed E-state index contributed by atoms with van der Waals surface area (Å²) in [6, 6.07) is 14.1. The Morgan fingerprint density at radius 2 is 1.82 bits per heavy atom. The van der Waals surface area contributed by atoms with Gasteiger partial charge in [-0.25, -0.2) is 13.8 Å². The van der Waals surface area contributed by atoms with E-state index in [-0.39, 0.29) is 21.9 Å². The van der Waals surface area contributed by atoms with Crippen LogP contribution in [-0.4, -0.2) is 10.9 Å². The van der Waals surface area contributed by atoms with Crippen LogP contribution < -0.4 is 10.3 Å². The maximum Gasteiger partial charge on any atom is 0.297 e. The van der Waals surface area contributed by atoms with Crippen LogP contribution in [0.4, 0.5) is 13.9 Å². The van der Waals surface area contributed by atoms with E-state index in [1.54, 1.807) is 24.3 Å². The van der Waals surface area contributed by atoms with Crippen LogP contribution in [0.2, 0.25) is 0 Å². The molecule has 1 amide bonds. The van der Waals surface area contributed by atoms with Crippen molar-refractivity contribution in [3.8, 4) is 0 Å². The average molecular weight is 460 g/mol. The summed E-state index contributed by atoms with van der Waals surface area (Å²) in [7, 11) is 0. The van der Waals surface area contributed by atoms with Crippen molar-refractivity contribution in [1.82, 2.24) is 4.98 Å². The van der Waals surface area contributed by atoms with Crippen LogP contribution in [0.3, 0.4) is 0 Å². The number of carbonyl (C=O) groups excluding carboxylic acids is 1. The van der Waals surface area contributed by atoms with E-state index in [2.05, 4.69) is 4.98 Å². The summed E-state index contributed by atoms with van der Waals surface area (Å²) >= 11 is 1.11. The Balaban J connectivity index is 1.65. The molecular weight excluding hydrogens is 446 g/mol. The Hall–Kier alpha value is -3.91. The van der Waals surface area contributed by atoms with Crippen LogP contribution in [0.25, 0.3) is 21.2 Å². The molecule has 0 spiro atoms. The molecule has 3 heterocycles. The van der Waals surface area contributed by atoms with E-state index in [1.165, 1.54) is 41.3 Å². The fourth-order valence-electron chi connectivity index (χ4n) is 4.27. The quantitative estimate of drug-likeness (QED) is 0.337. The third-order valence-corrected chi connectivity index (χ3v) is 6.75. The van der Waals surface area contributed by atoms with Gasteiger partial charge in [-0.1, -0.05) is 35.1 Å². The summed E-state index contributed by atoms with van der Waals surface area (Å²) in [5.41, 5.74) is 1.86. The molecule has 1 aliphatic rings. The van der Waals surface area contributed by atoms with Crippen LogP contribution >= 0.6 is 11.3 Å². The van der Waals surface area contributed by atoms with Gasteiger partial charge in [0.2, 0.25) is 5.76 Å². The first-order valence-corrected chi connectivity index (χ1v) is 10.9. The standard InChI is InChI=1S/C25H14F2N2O3S/c1-12-5-8-18-16(9-12)22(30)20-21(13-3-2-4-14(26)10-13)29(24(31)23(20)32-18)25-28-17-7-6-15(27)11-19(17)33-25/h2-11,21H,1H3/t21-/m0/s1. The Morgan fingerprint density at radius 1 is 1.00 bits per heavy atom. The first-order chi connectivity index (χ1) is 15.9. The van der Waals surface area contributed by atoms with Crippen LogP contribution in [-0.2, 0) is 0 Å². The molecule has 1 atom stereocenters. The fraction of sp³-hybridized carbons (Fsp3) is 0.0800. The number of nitrogens with zero attached hydrogens (tertiary/aromatic N) is 2. The summed E-state index contributed by atoms with van der Waals surface area (Å²) in [5.74, 6) is -1.58. The molecule has 6 rings (SSSR count). The van der Waals surface area contributed by atoms with Crippen molar-refractivity contribution in [3.63, 3.8) is 0 Å². The van der Waals surface area contributed by atoms with Gasteiger partial charge in [0.1, 0.15) is 17.2 Å². The molecule has 5 nitrogen and oxygen atoms in total. The minimum absolute atomic E-state index is 0.101. The smallest absolute Gasteiger partial charge is 0.297 e. The van der Waals surface area contributed by atoms with Crippen molar-refractivity contribution in [2.45, 2.75) is 13.0 Å². The molecule has 33 heavy (non-hydrogen) atoms. The Labute approximate surface area is 189 Å². The molecule has 5 aromatic rings. The number of carbonyl (C=O) groups is 1. The number of amides is 1. The Bertz CT molecular complexity index is 1670. The minimum Gasteiger partial charge on any atom is -0.450 e. The highest BCUT2D eigenvalue weighted by Crippen LogP contribution is 2.43. The van der Waals surface area contributed by atoms with E-state index < -0.39 is 23.6 Å². The second-order valence-corrected chi connectivity index (χ2v) is 8.92. The van der Waals surface area contributed by atoms with Gasteiger partial charge in [0.15, 0.2) is 10.6 Å². The number of rotatable bonds is 2. The summed E-state index contributed by atoms with van der Waals surface area (Å²) < 4.78 is 34.4. The number of fused-ring (bicyclic) bond motifs is 3. The zero-order chi connectivity index (χ0) is 22.9. The molecule has 0 saturated carbocycles. The minimum atomic E-state index is -0.935. The van der Waals surface area contributed by atoms with Crippen LogP contribution in [0.5, 0.6) is 0 Å². The highest BCUT2D eigenvalue weighted by atomic mass is 32.1. The van der Waals surface area contributed by atoms with Crippen molar-refractivity contribution in [2.24, 2.45) is 0 Å². The third kappa shape index (κ3) is 2.98. The number of aromatic nitrogens is 1. The number of benzene rings is 3. The van der Waals surface area contributed by atoms with Crippen LogP contribution in [0.15, 0.2) is 69.9 Å². The Morgan fingerprint density at radius 3 is 2.64 bits per heavy atom. The number of hydrogen-bond acceptors (Lipinski definition) is 5. The van der Waals surface area contributed by atoms with Gasteiger partial charge >= 0.3 is 0 Å². The fourth-order valence-corrected chi connectivity index (χ4v) is 5.28. The van der Waals surface area contributed by atoms with Gasteiger partial charge in [0.05, 0.1) is 27.2 Å². The molecular formula is C25H14F2N2O3S. The lowest BCUT2D eigenvalue weighted by molar-refractivity contribution is 0.0971. The lowest BCUT2D eigenvalue weighted by Crippen LogP contribution is -2.29. The molecule has 2 aromatic heterocycles. The molecule has 0 radical (unpaired) electrons. The molecule has 162 valence electrons. The maximum atomic E-state index is 14.2. The number of anilines is 1. The van der Waals surface area contributed by atoms with Crippen LogP contribution in [0.1, 0.15) is 33.3 Å². The lowest BCUT2D eigenvalue weighted by Gasteiger charge is -2.22. The van der Waals surface area contributed by atoms with Crippen molar-refractivity contribution in [2.75, 3.05) is 4.90 Å². The largest absolute Gasteiger partial charge is 0.450 e. The van der Waals surface area contributed by atoms with Gasteiger partial charge < -0.3 is 4.42 Å². The number of thiazole rings is 1. The highest BCUT2D eigenvalue weighted by Gasteiger charge is 2.45. The topological polar surface area (TPSA) is 63.4 Å². The van der Waals surface area contributed by atoms with E-state index in [1.807, 2.05) is 6.92 Å². The second-order valence-electron chi connectivity index (χ2n) is 7.91. The molecule has 0 unspecified atom stereocenters. The maximum absolute atomic E-state index is 14.2. The van der Waals surface area contributed by atoms with E-state index in [9.17, 15) is 18.4 Å². The van der Waals surface area contributed by atoms with Gasteiger partial charge in [-0.2, -0.15) is 0 Å². The SMILES string of the molecule is Cc1ccc2oc3c(c(=O)c2c1)[C@H](c1cccc(F)c1)N(c1nc2ccc(F)cc2s1)C3=O. The number of aryl methyl sites for hydroxylation is 1. The predicted octanol–water partition coefficient (Wildman–Crippen LogP) is 5.74. The summed E-state index contributed by atoms with van der Waals surface area (Å²) in [6.07, 6.45) is 0. The number of halogens is 2. The van der Waals surface area contributed by atoms with E-state index in [0.29, 0.717) is 26.7 Å². The number of hydrogen-bond donors (Lipinski definition) is 0. The zero-order valence-corrected chi connectivity index (χ0v) is 18.0. The van der Waals surface area contributed by atoms with Crippen LogP contribution in [0, 0.1) is 18.6 Å². The monoisotopic (exact) mass is 460 g/mol. The molecule has 3 aromatic carbocycles. The van der Waals surface area contributed by atoms with Gasteiger partial charge in [0.25, 0.3) is 5.91 Å². The van der Waals surface area contributed by atoms with Gasteiger partial charge in [-0.15, -0.1) is 0 Å². The van der Waals surface area contributed by atoms with E-state index in [0.717, 1.165) is 16.9 Å². The van der Waals surface area contributed by atoms with E-state index in [4.69, 9.17) is 4.42 Å². The van der Waals surface area contributed by atoms with Gasteiger partial charge in [-0.05, 0) is 55.0 Å². The first-order valence-electron chi connectivity index (χ1n) is 10.1. The highest BCUT2D eigenvalue weighted by molar-refractivity contribution is 7.22. The average Bonchev–Trinajstić information content (AvgIpc) is 3.32. The van der Waals surface area contributed by atoms with Crippen molar-refractivity contribution in [3.05, 3.63) is 105 Å². The molecule has 0 bridgehead atoms. The molecule has 0 aliphatic carbocycles. The molecule has 0 fully saturated rings. The molecule has 1 aliphatic heterocycles. The molecule has 0 N–H and O–H groups in total. The summed E-state index contributed by atoms with van der Waals surface area (Å²) in [4.78, 5) is 33.0. The second kappa shape index (κ2) is 7.05. The van der Waals surface area contributed by atoms with Gasteiger partial charge in [-0.3, -0.25) is 14.5 Å². The van der Waals surface area contributed by atoms with Crippen molar-refractivity contribution in [1.29, 1.82) is 0 Å². The van der Waals surface area contributed by atoms with Gasteiger partial charge in [0, 0.05) is 0 Å². The Kier molecular flexibility index (Phi) is 4.22. The summed E-state index contributed by atoms with van der Waals surface area (Å²) in [6.45, 7) is 1.86. The summed E-state index contributed by atoms with van der Waals surface area (Å²) in [5, 5.41) is 0.608. The van der Waals surface area contributed by atoms with Crippen molar-refractivity contribution < 1.29 is 18.0 Å². The lowest BCUT2D eigenvalue weighted by atomic mass is 9.98. The van der Waals surface area contributed by atoms with Crippen molar-refractivity contribution >= 4 is 43.6 Å². The molecule has 0 saturated heterocycles. The first kappa shape index (κ1) is 19.8. The molecule has 8 heteroatoms. The normalized spacial score (nSPS) is 15.5. The predicted molar refractivity (Wildman–Crippen MR) is 122 cm³/mol. The third-order valence-electron chi connectivity index (χ3n) is 5.74.